The Morgan fingerprint density at radius 3 is 2.53 bits per heavy atom. The number of benzene rings is 2. The summed E-state index contributed by atoms with van der Waals surface area (Å²) in [6, 6.07) is 17.1. The summed E-state index contributed by atoms with van der Waals surface area (Å²) in [4.78, 5) is 13.0. The minimum Gasteiger partial charge on any atom is -0.349 e. The lowest BCUT2D eigenvalue weighted by Crippen LogP contribution is -2.25. The summed E-state index contributed by atoms with van der Waals surface area (Å²) in [5.41, 5.74) is 1.76. The van der Waals surface area contributed by atoms with Crippen LogP contribution in [-0.4, -0.2) is 20.3 Å². The first-order valence-corrected chi connectivity index (χ1v) is 10.0. The van der Waals surface area contributed by atoms with Crippen LogP contribution in [0.25, 0.3) is 17.1 Å². The van der Waals surface area contributed by atoms with E-state index in [4.69, 9.17) is 11.6 Å². The maximum atomic E-state index is 13.0. The molecule has 0 saturated carbocycles. The number of rotatable bonds is 5. The summed E-state index contributed by atoms with van der Waals surface area (Å²) in [6.07, 6.45) is -2.59. The average molecular weight is 459 g/mol. The van der Waals surface area contributed by atoms with Gasteiger partial charge in [0.25, 0.3) is 5.91 Å². The second-order valence-corrected chi connectivity index (χ2v) is 7.63. The van der Waals surface area contributed by atoms with Crippen LogP contribution < -0.4 is 5.32 Å². The van der Waals surface area contributed by atoms with Gasteiger partial charge in [-0.15, -0.1) is 0 Å². The Morgan fingerprint density at radius 1 is 1.06 bits per heavy atom. The first-order valence-electron chi connectivity index (χ1n) is 9.64. The quantitative estimate of drug-likeness (QED) is 0.430. The van der Waals surface area contributed by atoms with Crippen molar-refractivity contribution < 1.29 is 18.0 Å². The highest BCUT2D eigenvalue weighted by molar-refractivity contribution is 6.30. The smallest absolute Gasteiger partial charge is 0.349 e. The number of aryl methyl sites for hydroxylation is 1. The number of aromatic nitrogens is 3. The molecule has 9 heteroatoms. The van der Waals surface area contributed by atoms with Gasteiger partial charge in [0, 0.05) is 24.8 Å². The molecular weight excluding hydrogens is 441 g/mol. The normalized spacial score (nSPS) is 11.5. The van der Waals surface area contributed by atoms with Crippen LogP contribution in [0.4, 0.5) is 13.2 Å². The van der Waals surface area contributed by atoms with Crippen LogP contribution in [0.2, 0.25) is 5.02 Å². The molecule has 0 fully saturated rings. The van der Waals surface area contributed by atoms with E-state index in [1.807, 2.05) is 29.9 Å². The molecule has 164 valence electrons. The monoisotopic (exact) mass is 458 g/mol. The summed E-state index contributed by atoms with van der Waals surface area (Å²) in [5, 5.41) is 7.74. The van der Waals surface area contributed by atoms with Crippen LogP contribution in [-0.2, 0) is 19.8 Å². The minimum atomic E-state index is -4.45. The molecule has 2 aromatic heterocycles. The molecule has 2 aromatic carbocycles. The molecule has 0 atom stereocenters. The maximum Gasteiger partial charge on any atom is 0.416 e. The van der Waals surface area contributed by atoms with Crippen molar-refractivity contribution in [1.29, 1.82) is 0 Å². The van der Waals surface area contributed by atoms with Gasteiger partial charge >= 0.3 is 6.18 Å². The Bertz CT molecular complexity index is 1280. The van der Waals surface area contributed by atoms with Crippen molar-refractivity contribution in [2.24, 2.45) is 7.05 Å². The third-order valence-electron chi connectivity index (χ3n) is 4.91. The fourth-order valence-corrected chi connectivity index (χ4v) is 3.51. The molecule has 0 unspecified atom stereocenters. The van der Waals surface area contributed by atoms with Crippen molar-refractivity contribution in [2.45, 2.75) is 12.7 Å². The number of nitrogens with one attached hydrogen (secondary N) is 1. The Labute approximate surface area is 187 Å². The molecule has 2 heterocycles. The molecule has 1 N–H and O–H groups in total. The van der Waals surface area contributed by atoms with Crippen LogP contribution >= 0.6 is 11.6 Å². The van der Waals surface area contributed by atoms with Gasteiger partial charge in [0.05, 0.1) is 16.9 Å². The second kappa shape index (κ2) is 8.55. The molecule has 4 rings (SSSR count). The number of carbonyl (C=O) groups is 1. The van der Waals surface area contributed by atoms with Gasteiger partial charge in [-0.1, -0.05) is 29.8 Å². The largest absolute Gasteiger partial charge is 0.416 e. The lowest BCUT2D eigenvalue weighted by atomic mass is 10.1. The maximum absolute atomic E-state index is 13.0. The van der Waals surface area contributed by atoms with E-state index < -0.39 is 17.6 Å². The van der Waals surface area contributed by atoms with Gasteiger partial charge < -0.3 is 9.88 Å². The third kappa shape index (κ3) is 4.55. The van der Waals surface area contributed by atoms with Gasteiger partial charge in [-0.3, -0.25) is 4.79 Å². The lowest BCUT2D eigenvalue weighted by molar-refractivity contribution is -0.137. The van der Waals surface area contributed by atoms with E-state index in [2.05, 4.69) is 10.4 Å². The fourth-order valence-electron chi connectivity index (χ4n) is 3.33. The predicted molar refractivity (Wildman–Crippen MR) is 116 cm³/mol. The second-order valence-electron chi connectivity index (χ2n) is 7.19. The summed E-state index contributed by atoms with van der Waals surface area (Å²) in [7, 11) is 1.86. The molecule has 0 saturated heterocycles. The topological polar surface area (TPSA) is 51.9 Å². The van der Waals surface area contributed by atoms with Crippen LogP contribution in [0.1, 0.15) is 21.6 Å². The van der Waals surface area contributed by atoms with Crippen LogP contribution in [0.15, 0.2) is 72.9 Å². The van der Waals surface area contributed by atoms with Crippen molar-refractivity contribution >= 4 is 17.5 Å². The van der Waals surface area contributed by atoms with Gasteiger partial charge in [-0.2, -0.15) is 18.3 Å². The summed E-state index contributed by atoms with van der Waals surface area (Å²) >= 11 is 6.11. The van der Waals surface area contributed by atoms with Gasteiger partial charge in [-0.05, 0) is 54.1 Å². The van der Waals surface area contributed by atoms with Crippen molar-refractivity contribution in [3.8, 4) is 17.1 Å². The number of hydrogen-bond donors (Lipinski definition) is 1. The highest BCUT2D eigenvalue weighted by atomic mass is 35.5. The van der Waals surface area contributed by atoms with Gasteiger partial charge in [-0.25, -0.2) is 4.68 Å². The molecule has 0 bridgehead atoms. The number of hydrogen-bond acceptors (Lipinski definition) is 2. The molecular formula is C23H18ClF3N4O. The summed E-state index contributed by atoms with van der Waals surface area (Å²) in [6.45, 7) is -0.0665. The van der Waals surface area contributed by atoms with Crippen molar-refractivity contribution in [1.82, 2.24) is 19.7 Å². The SMILES string of the molecule is Cn1cccc1-c1cc(C(=O)NCc2cccc(C(F)(F)F)c2)n(-c2cccc(Cl)c2)n1. The molecule has 0 aliphatic heterocycles. The van der Waals surface area contributed by atoms with E-state index in [0.29, 0.717) is 22.0 Å². The van der Waals surface area contributed by atoms with Crippen molar-refractivity contribution in [3.63, 3.8) is 0 Å². The zero-order chi connectivity index (χ0) is 22.9. The Kier molecular flexibility index (Phi) is 5.80. The minimum absolute atomic E-state index is 0.0665. The number of amides is 1. The standard InChI is InChI=1S/C23H18ClF3N4O/c1-30-10-4-9-20(30)19-13-21(31(29-19)18-8-3-7-17(24)12-18)22(32)28-14-15-5-2-6-16(11-15)23(25,26)27/h2-13H,14H2,1H3,(H,28,32). The van der Waals surface area contributed by atoms with E-state index in [9.17, 15) is 18.0 Å². The molecule has 0 radical (unpaired) electrons. The highest BCUT2D eigenvalue weighted by Crippen LogP contribution is 2.29. The van der Waals surface area contributed by atoms with Crippen molar-refractivity contribution in [3.05, 3.63) is 94.8 Å². The number of nitrogens with zero attached hydrogens (tertiary/aromatic N) is 3. The van der Waals surface area contributed by atoms with Gasteiger partial charge in [0.2, 0.25) is 0 Å². The predicted octanol–water partition coefficient (Wildman–Crippen LogP) is 5.48. The van der Waals surface area contributed by atoms with Crippen LogP contribution in [0.3, 0.4) is 0 Å². The fraction of sp³-hybridized carbons (Fsp3) is 0.130. The molecule has 0 aliphatic carbocycles. The number of alkyl halides is 3. The molecule has 32 heavy (non-hydrogen) atoms. The van der Waals surface area contributed by atoms with Crippen molar-refractivity contribution in [2.75, 3.05) is 0 Å². The molecule has 0 aliphatic rings. The Morgan fingerprint density at radius 2 is 1.84 bits per heavy atom. The summed E-state index contributed by atoms with van der Waals surface area (Å²) < 4.78 is 42.2. The zero-order valence-electron chi connectivity index (χ0n) is 16.9. The summed E-state index contributed by atoms with van der Waals surface area (Å²) in [5.74, 6) is -0.477. The lowest BCUT2D eigenvalue weighted by Gasteiger charge is -2.11. The first kappa shape index (κ1) is 21.7. The Balaban J connectivity index is 1.65. The third-order valence-corrected chi connectivity index (χ3v) is 5.14. The molecule has 4 aromatic rings. The van der Waals surface area contributed by atoms with Gasteiger partial charge in [0.15, 0.2) is 0 Å². The first-order chi connectivity index (χ1) is 15.2. The van der Waals surface area contributed by atoms with E-state index in [0.717, 1.165) is 17.8 Å². The molecule has 0 spiro atoms. The van der Waals surface area contributed by atoms with Crippen LogP contribution in [0, 0.1) is 0 Å². The van der Waals surface area contributed by atoms with E-state index in [-0.39, 0.29) is 12.2 Å². The van der Waals surface area contributed by atoms with Gasteiger partial charge in [0.1, 0.15) is 11.4 Å². The molecule has 1 amide bonds. The zero-order valence-corrected chi connectivity index (χ0v) is 17.7. The Hall–Kier alpha value is -3.52. The molecule has 5 nitrogen and oxygen atoms in total. The van der Waals surface area contributed by atoms with Crippen LogP contribution in [0.5, 0.6) is 0 Å². The number of halogens is 4. The van der Waals surface area contributed by atoms with E-state index in [1.165, 1.54) is 16.8 Å². The van der Waals surface area contributed by atoms with E-state index in [1.54, 1.807) is 30.3 Å². The highest BCUT2D eigenvalue weighted by Gasteiger charge is 2.30. The number of carbonyl (C=O) groups excluding carboxylic acids is 1. The van der Waals surface area contributed by atoms with E-state index >= 15 is 0 Å². The average Bonchev–Trinajstić information content (AvgIpc) is 3.38.